The first kappa shape index (κ1) is 13.8. The van der Waals surface area contributed by atoms with Crippen molar-refractivity contribution in [1.82, 2.24) is 10.2 Å². The molecular weight excluding hydrogens is 248 g/mol. The SMILES string of the molecule is CC(O[C@H](C)CO[N+](=O)[O-])c1[nH]ncc1[N+](=O)[O-]. The summed E-state index contributed by atoms with van der Waals surface area (Å²) in [5, 5.41) is 25.7. The van der Waals surface area contributed by atoms with Crippen LogP contribution in [0.2, 0.25) is 0 Å². The zero-order chi connectivity index (χ0) is 13.7. The van der Waals surface area contributed by atoms with Crippen molar-refractivity contribution in [2.45, 2.75) is 26.1 Å². The predicted molar refractivity (Wildman–Crippen MR) is 57.2 cm³/mol. The van der Waals surface area contributed by atoms with E-state index in [0.717, 1.165) is 6.20 Å². The molecule has 1 unspecified atom stereocenters. The van der Waals surface area contributed by atoms with Crippen LogP contribution in [0.3, 0.4) is 0 Å². The zero-order valence-corrected chi connectivity index (χ0v) is 9.73. The van der Waals surface area contributed by atoms with Crippen molar-refractivity contribution in [3.8, 4) is 0 Å². The monoisotopic (exact) mass is 260 g/mol. The minimum atomic E-state index is -0.927. The molecule has 1 rings (SSSR count). The quantitative estimate of drug-likeness (QED) is 0.570. The molecule has 10 heteroatoms. The first-order valence-electron chi connectivity index (χ1n) is 5.02. The van der Waals surface area contributed by atoms with Gasteiger partial charge in [0.2, 0.25) is 0 Å². The number of H-pyrrole nitrogens is 1. The third kappa shape index (κ3) is 3.66. The lowest BCUT2D eigenvalue weighted by Gasteiger charge is -2.16. The minimum Gasteiger partial charge on any atom is -0.367 e. The summed E-state index contributed by atoms with van der Waals surface area (Å²) in [6.07, 6.45) is -0.167. The number of aromatic amines is 1. The molecule has 0 spiro atoms. The molecule has 0 amide bonds. The Hall–Kier alpha value is -2.23. The number of nitro groups is 1. The van der Waals surface area contributed by atoms with Crippen molar-refractivity contribution in [2.75, 3.05) is 6.61 Å². The summed E-state index contributed by atoms with van der Waals surface area (Å²) in [6.45, 7) is 2.88. The highest BCUT2D eigenvalue weighted by Gasteiger charge is 2.23. The molecule has 0 saturated carbocycles. The van der Waals surface area contributed by atoms with Gasteiger partial charge in [-0.3, -0.25) is 15.2 Å². The molecular formula is C8H12N4O6. The molecule has 0 bridgehead atoms. The van der Waals surface area contributed by atoms with E-state index in [1.807, 2.05) is 0 Å². The summed E-state index contributed by atoms with van der Waals surface area (Å²) in [5.74, 6) is 0. The van der Waals surface area contributed by atoms with Gasteiger partial charge in [0, 0.05) is 0 Å². The molecule has 1 aromatic heterocycles. The molecule has 1 heterocycles. The predicted octanol–water partition coefficient (Wildman–Crippen LogP) is 0.992. The van der Waals surface area contributed by atoms with E-state index in [4.69, 9.17) is 4.74 Å². The van der Waals surface area contributed by atoms with Crippen LogP contribution in [0.25, 0.3) is 0 Å². The molecule has 1 N–H and O–H groups in total. The highest BCUT2D eigenvalue weighted by Crippen LogP contribution is 2.25. The Labute approximate surface area is 101 Å². The summed E-state index contributed by atoms with van der Waals surface area (Å²) in [4.78, 5) is 24.2. The zero-order valence-electron chi connectivity index (χ0n) is 9.73. The Kier molecular flexibility index (Phi) is 4.54. The normalized spacial score (nSPS) is 13.9. The standard InChI is InChI=1S/C8H12N4O6/c1-5(4-17-12(15)16)18-6(2)8-7(11(13)14)3-9-10-8/h3,5-6H,4H2,1-2H3,(H,9,10)/t5-,6?/m1/s1. The molecule has 100 valence electrons. The van der Waals surface area contributed by atoms with Crippen LogP contribution in [0.1, 0.15) is 25.6 Å². The Morgan fingerprint density at radius 2 is 2.11 bits per heavy atom. The van der Waals surface area contributed by atoms with Crippen molar-refractivity contribution in [3.63, 3.8) is 0 Å². The Bertz CT molecular complexity index is 433. The second-order valence-electron chi connectivity index (χ2n) is 3.53. The topological polar surface area (TPSA) is 133 Å². The molecule has 0 saturated heterocycles. The molecule has 0 fully saturated rings. The van der Waals surface area contributed by atoms with Crippen LogP contribution >= 0.6 is 0 Å². The maximum Gasteiger partial charge on any atom is 0.312 e. The molecule has 10 nitrogen and oxygen atoms in total. The average molecular weight is 260 g/mol. The minimum absolute atomic E-state index is 0.190. The molecule has 0 radical (unpaired) electrons. The van der Waals surface area contributed by atoms with Crippen molar-refractivity contribution in [1.29, 1.82) is 0 Å². The van der Waals surface area contributed by atoms with Gasteiger partial charge in [-0.2, -0.15) is 5.10 Å². The summed E-state index contributed by atoms with van der Waals surface area (Å²) in [6, 6.07) is 0. The van der Waals surface area contributed by atoms with Crippen molar-refractivity contribution < 1.29 is 19.6 Å². The van der Waals surface area contributed by atoms with E-state index in [1.54, 1.807) is 13.8 Å². The number of nitrogens with zero attached hydrogens (tertiary/aromatic N) is 3. The maximum absolute atomic E-state index is 10.7. The van der Waals surface area contributed by atoms with E-state index < -0.39 is 22.2 Å². The smallest absolute Gasteiger partial charge is 0.312 e. The summed E-state index contributed by atoms with van der Waals surface area (Å²) < 4.78 is 5.33. The summed E-state index contributed by atoms with van der Waals surface area (Å²) in [7, 11) is 0. The molecule has 0 aliphatic rings. The maximum atomic E-state index is 10.7. The lowest BCUT2D eigenvalue weighted by atomic mass is 10.2. The second kappa shape index (κ2) is 5.91. The summed E-state index contributed by atoms with van der Waals surface area (Å²) >= 11 is 0. The molecule has 2 atom stereocenters. The van der Waals surface area contributed by atoms with E-state index >= 15 is 0 Å². The van der Waals surface area contributed by atoms with E-state index in [-0.39, 0.29) is 18.0 Å². The first-order chi connectivity index (χ1) is 8.41. The Morgan fingerprint density at radius 1 is 1.44 bits per heavy atom. The summed E-state index contributed by atoms with van der Waals surface area (Å²) in [5.41, 5.74) is 0.0119. The number of ether oxygens (including phenoxy) is 1. The van der Waals surface area contributed by atoms with Crippen LogP contribution in [-0.2, 0) is 9.57 Å². The van der Waals surface area contributed by atoms with Crippen molar-refractivity contribution in [2.24, 2.45) is 0 Å². The van der Waals surface area contributed by atoms with Gasteiger partial charge in [0.05, 0.1) is 11.0 Å². The van der Waals surface area contributed by atoms with Crippen LogP contribution in [-0.4, -0.2) is 32.9 Å². The number of aromatic nitrogens is 2. The van der Waals surface area contributed by atoms with Gasteiger partial charge in [0.25, 0.3) is 5.09 Å². The van der Waals surface area contributed by atoms with Gasteiger partial charge in [-0.25, -0.2) is 0 Å². The van der Waals surface area contributed by atoms with E-state index in [1.165, 1.54) is 0 Å². The average Bonchev–Trinajstić information content (AvgIpc) is 2.75. The van der Waals surface area contributed by atoms with E-state index in [0.29, 0.717) is 0 Å². The van der Waals surface area contributed by atoms with Gasteiger partial charge in [-0.1, -0.05) is 0 Å². The van der Waals surface area contributed by atoms with Gasteiger partial charge in [-0.05, 0) is 13.8 Å². The molecule has 0 aromatic carbocycles. The molecule has 18 heavy (non-hydrogen) atoms. The molecule has 0 aliphatic heterocycles. The fraction of sp³-hybridized carbons (Fsp3) is 0.625. The van der Waals surface area contributed by atoms with Gasteiger partial charge < -0.3 is 9.57 Å². The highest BCUT2D eigenvalue weighted by atomic mass is 17.0. The van der Waals surface area contributed by atoms with Crippen LogP contribution in [0.5, 0.6) is 0 Å². The van der Waals surface area contributed by atoms with Crippen LogP contribution in [0.15, 0.2) is 6.20 Å². The van der Waals surface area contributed by atoms with Crippen LogP contribution in [0.4, 0.5) is 5.69 Å². The number of hydrogen-bond acceptors (Lipinski definition) is 7. The molecule has 0 aliphatic carbocycles. The third-order valence-electron chi connectivity index (χ3n) is 2.10. The number of nitrogens with one attached hydrogen (secondary N) is 1. The molecule has 1 aromatic rings. The second-order valence-corrected chi connectivity index (χ2v) is 3.53. The van der Waals surface area contributed by atoms with Gasteiger partial charge in [0.1, 0.15) is 24.6 Å². The first-order valence-corrected chi connectivity index (χ1v) is 5.02. The third-order valence-corrected chi connectivity index (χ3v) is 2.10. The van der Waals surface area contributed by atoms with Gasteiger partial charge in [0.15, 0.2) is 0 Å². The van der Waals surface area contributed by atoms with Gasteiger partial charge in [-0.15, -0.1) is 10.1 Å². The Morgan fingerprint density at radius 3 is 2.67 bits per heavy atom. The van der Waals surface area contributed by atoms with Crippen LogP contribution < -0.4 is 0 Å². The largest absolute Gasteiger partial charge is 0.367 e. The fourth-order valence-corrected chi connectivity index (χ4v) is 1.36. The van der Waals surface area contributed by atoms with E-state index in [9.17, 15) is 20.2 Å². The number of rotatable bonds is 7. The lowest BCUT2D eigenvalue weighted by molar-refractivity contribution is -0.759. The van der Waals surface area contributed by atoms with Crippen molar-refractivity contribution in [3.05, 3.63) is 32.1 Å². The van der Waals surface area contributed by atoms with Crippen LogP contribution in [0, 0.1) is 20.2 Å². The van der Waals surface area contributed by atoms with Gasteiger partial charge >= 0.3 is 5.69 Å². The van der Waals surface area contributed by atoms with Crippen molar-refractivity contribution >= 4 is 5.69 Å². The highest BCUT2D eigenvalue weighted by molar-refractivity contribution is 5.33. The fourth-order valence-electron chi connectivity index (χ4n) is 1.36. The van der Waals surface area contributed by atoms with E-state index in [2.05, 4.69) is 15.0 Å². The lowest BCUT2D eigenvalue weighted by Crippen LogP contribution is -2.20. The Balaban J connectivity index is 2.59. The number of hydrogen-bond donors (Lipinski definition) is 1.